The van der Waals surface area contributed by atoms with Crippen LogP contribution in [0.5, 0.6) is 11.5 Å². The molecule has 1 N–H and O–H groups in total. The van der Waals surface area contributed by atoms with E-state index >= 15 is 0 Å². The first-order valence-corrected chi connectivity index (χ1v) is 6.21. The van der Waals surface area contributed by atoms with E-state index in [-0.39, 0.29) is 11.6 Å². The fourth-order valence-corrected chi connectivity index (χ4v) is 2.05. The zero-order chi connectivity index (χ0) is 13.0. The van der Waals surface area contributed by atoms with Crippen molar-refractivity contribution in [1.82, 2.24) is 5.32 Å². The van der Waals surface area contributed by atoms with Gasteiger partial charge in [0.15, 0.2) is 0 Å². The van der Waals surface area contributed by atoms with Gasteiger partial charge < -0.3 is 19.5 Å². The molecule has 1 heterocycles. The van der Waals surface area contributed by atoms with E-state index in [2.05, 4.69) is 19.2 Å². The van der Waals surface area contributed by atoms with Crippen LogP contribution in [-0.4, -0.2) is 38.5 Å². The molecule has 0 aromatic heterocycles. The highest BCUT2D eigenvalue weighted by atomic mass is 16.5. The van der Waals surface area contributed by atoms with Crippen molar-refractivity contribution < 1.29 is 14.2 Å². The molecule has 100 valence electrons. The second-order valence-corrected chi connectivity index (χ2v) is 5.23. The van der Waals surface area contributed by atoms with Gasteiger partial charge in [0.2, 0.25) is 0 Å². The summed E-state index contributed by atoms with van der Waals surface area (Å²) in [5, 5.41) is 3.51. The van der Waals surface area contributed by atoms with Gasteiger partial charge in [0, 0.05) is 5.54 Å². The van der Waals surface area contributed by atoms with Crippen LogP contribution >= 0.6 is 0 Å². The van der Waals surface area contributed by atoms with E-state index < -0.39 is 0 Å². The van der Waals surface area contributed by atoms with Crippen LogP contribution < -0.4 is 14.8 Å². The minimum atomic E-state index is 0.0200. The molecule has 1 saturated heterocycles. The van der Waals surface area contributed by atoms with Crippen LogP contribution in [0.15, 0.2) is 24.3 Å². The summed E-state index contributed by atoms with van der Waals surface area (Å²) in [6.45, 7) is 6.31. The van der Waals surface area contributed by atoms with Gasteiger partial charge in [-0.05, 0) is 38.1 Å². The quantitative estimate of drug-likeness (QED) is 0.886. The van der Waals surface area contributed by atoms with Crippen LogP contribution in [0.2, 0.25) is 0 Å². The Morgan fingerprint density at radius 3 is 2.56 bits per heavy atom. The third-order valence-electron chi connectivity index (χ3n) is 2.89. The van der Waals surface area contributed by atoms with Crippen molar-refractivity contribution in [2.45, 2.75) is 25.4 Å². The van der Waals surface area contributed by atoms with E-state index in [9.17, 15) is 0 Å². The molecule has 1 atom stereocenters. The van der Waals surface area contributed by atoms with Crippen LogP contribution in [-0.2, 0) is 4.74 Å². The van der Waals surface area contributed by atoms with Crippen LogP contribution in [0, 0.1) is 0 Å². The van der Waals surface area contributed by atoms with Gasteiger partial charge in [0.25, 0.3) is 0 Å². The predicted octanol–water partition coefficient (Wildman–Crippen LogP) is 1.84. The van der Waals surface area contributed by atoms with E-state index in [1.807, 2.05) is 24.3 Å². The Hall–Kier alpha value is -1.26. The first-order chi connectivity index (χ1) is 8.59. The molecule has 1 aromatic rings. The van der Waals surface area contributed by atoms with Gasteiger partial charge in [-0.15, -0.1) is 0 Å². The molecule has 0 spiro atoms. The highest BCUT2D eigenvalue weighted by Gasteiger charge is 2.27. The minimum Gasteiger partial charge on any atom is -0.497 e. The maximum absolute atomic E-state index is 5.74. The van der Waals surface area contributed by atoms with Gasteiger partial charge in [-0.3, -0.25) is 0 Å². The van der Waals surface area contributed by atoms with Crippen LogP contribution in [0.1, 0.15) is 13.8 Å². The summed E-state index contributed by atoms with van der Waals surface area (Å²) in [6, 6.07) is 7.84. The van der Waals surface area contributed by atoms with Crippen molar-refractivity contribution >= 4 is 0 Å². The van der Waals surface area contributed by atoms with E-state index in [0.29, 0.717) is 13.2 Å². The van der Waals surface area contributed by atoms with Gasteiger partial charge in [-0.1, -0.05) is 0 Å². The molecule has 1 unspecified atom stereocenters. The topological polar surface area (TPSA) is 39.7 Å². The summed E-state index contributed by atoms with van der Waals surface area (Å²) in [7, 11) is 1.65. The largest absolute Gasteiger partial charge is 0.497 e. The first-order valence-electron chi connectivity index (χ1n) is 6.21. The van der Waals surface area contributed by atoms with Crippen molar-refractivity contribution in [2.24, 2.45) is 0 Å². The Labute approximate surface area is 108 Å². The number of rotatable bonds is 4. The summed E-state index contributed by atoms with van der Waals surface area (Å²) in [6.07, 6.45) is 0. The second-order valence-electron chi connectivity index (χ2n) is 5.23. The Balaban J connectivity index is 1.83. The maximum atomic E-state index is 5.74. The first kappa shape index (κ1) is 13.2. The zero-order valence-electron chi connectivity index (χ0n) is 11.2. The fourth-order valence-electron chi connectivity index (χ4n) is 2.05. The summed E-state index contributed by atoms with van der Waals surface area (Å²) < 4.78 is 16.4. The Morgan fingerprint density at radius 1 is 1.28 bits per heavy atom. The predicted molar refractivity (Wildman–Crippen MR) is 70.3 cm³/mol. The number of methoxy groups -OCH3 is 1. The lowest BCUT2D eigenvalue weighted by atomic mass is 10.0. The average molecular weight is 251 g/mol. The van der Waals surface area contributed by atoms with Gasteiger partial charge in [0.05, 0.1) is 26.4 Å². The molecular formula is C14H21NO3. The van der Waals surface area contributed by atoms with E-state index in [0.717, 1.165) is 18.1 Å². The molecular weight excluding hydrogens is 230 g/mol. The van der Waals surface area contributed by atoms with Gasteiger partial charge in [0.1, 0.15) is 18.1 Å². The summed E-state index contributed by atoms with van der Waals surface area (Å²) >= 11 is 0. The Morgan fingerprint density at radius 2 is 1.94 bits per heavy atom. The molecule has 2 rings (SSSR count). The standard InChI is InChI=1S/C14H21NO3/c1-14(2)10-17-8-11(15-14)9-18-13-6-4-12(16-3)5-7-13/h4-7,11,15H,8-10H2,1-3H3. The van der Waals surface area contributed by atoms with Crippen molar-refractivity contribution in [3.63, 3.8) is 0 Å². The molecule has 1 aromatic carbocycles. The van der Waals surface area contributed by atoms with E-state index in [1.165, 1.54) is 0 Å². The molecule has 1 aliphatic rings. The van der Waals surface area contributed by atoms with Crippen molar-refractivity contribution in [1.29, 1.82) is 0 Å². The molecule has 0 saturated carbocycles. The lowest BCUT2D eigenvalue weighted by Crippen LogP contribution is -2.57. The third-order valence-corrected chi connectivity index (χ3v) is 2.89. The van der Waals surface area contributed by atoms with Gasteiger partial charge >= 0.3 is 0 Å². The number of morpholine rings is 1. The smallest absolute Gasteiger partial charge is 0.119 e. The SMILES string of the molecule is COc1ccc(OCC2COCC(C)(C)N2)cc1. The minimum absolute atomic E-state index is 0.0200. The lowest BCUT2D eigenvalue weighted by Gasteiger charge is -2.36. The molecule has 0 aliphatic carbocycles. The number of hydrogen-bond acceptors (Lipinski definition) is 4. The van der Waals surface area contributed by atoms with Gasteiger partial charge in [-0.2, -0.15) is 0 Å². The van der Waals surface area contributed by atoms with Crippen molar-refractivity contribution in [3.05, 3.63) is 24.3 Å². The number of benzene rings is 1. The Kier molecular flexibility index (Phi) is 4.09. The molecule has 1 aliphatic heterocycles. The monoisotopic (exact) mass is 251 g/mol. The van der Waals surface area contributed by atoms with Crippen molar-refractivity contribution in [2.75, 3.05) is 26.9 Å². The Bertz CT molecular complexity index is 375. The van der Waals surface area contributed by atoms with Crippen LogP contribution in [0.4, 0.5) is 0 Å². The molecule has 18 heavy (non-hydrogen) atoms. The van der Waals surface area contributed by atoms with E-state index in [4.69, 9.17) is 14.2 Å². The number of hydrogen-bond donors (Lipinski definition) is 1. The average Bonchev–Trinajstić information content (AvgIpc) is 2.36. The summed E-state index contributed by atoms with van der Waals surface area (Å²) in [5.74, 6) is 1.68. The van der Waals surface area contributed by atoms with Crippen LogP contribution in [0.25, 0.3) is 0 Å². The normalized spacial score (nSPS) is 22.5. The molecule has 0 radical (unpaired) electrons. The maximum Gasteiger partial charge on any atom is 0.119 e. The lowest BCUT2D eigenvalue weighted by molar-refractivity contribution is 0.000944. The van der Waals surface area contributed by atoms with Gasteiger partial charge in [-0.25, -0.2) is 0 Å². The summed E-state index contributed by atoms with van der Waals surface area (Å²) in [5.41, 5.74) is 0.0200. The second kappa shape index (κ2) is 5.59. The molecule has 4 heteroatoms. The number of nitrogens with one attached hydrogen (secondary N) is 1. The highest BCUT2D eigenvalue weighted by molar-refractivity contribution is 5.31. The fraction of sp³-hybridized carbons (Fsp3) is 0.571. The molecule has 1 fully saturated rings. The third kappa shape index (κ3) is 3.62. The highest BCUT2D eigenvalue weighted by Crippen LogP contribution is 2.18. The molecule has 0 amide bonds. The number of ether oxygens (including phenoxy) is 3. The van der Waals surface area contributed by atoms with Crippen molar-refractivity contribution in [3.8, 4) is 11.5 Å². The molecule has 0 bridgehead atoms. The summed E-state index contributed by atoms with van der Waals surface area (Å²) in [4.78, 5) is 0. The zero-order valence-corrected chi connectivity index (χ0v) is 11.2. The van der Waals surface area contributed by atoms with E-state index in [1.54, 1.807) is 7.11 Å². The molecule has 4 nitrogen and oxygen atoms in total. The van der Waals surface area contributed by atoms with Crippen LogP contribution in [0.3, 0.4) is 0 Å².